The summed E-state index contributed by atoms with van der Waals surface area (Å²) < 4.78 is 33.8. The Morgan fingerprint density at radius 1 is 1.00 bits per heavy atom. The van der Waals surface area contributed by atoms with E-state index in [0.717, 1.165) is 15.4 Å². The van der Waals surface area contributed by atoms with Crippen molar-refractivity contribution in [3.8, 4) is 5.75 Å². The maximum Gasteiger partial charge on any atom is 0.264 e. The SMILES string of the molecule is CCOc1ccccc1N(CC(=O)Nc1cccc(C)c1C)S(=O)(=O)c1ccc(Cl)cc1. The molecule has 0 spiro atoms. The number of carbonyl (C=O) groups is 1. The van der Waals surface area contributed by atoms with Crippen LogP contribution in [0.2, 0.25) is 5.02 Å². The Hall–Kier alpha value is -3.03. The van der Waals surface area contributed by atoms with Gasteiger partial charge >= 0.3 is 0 Å². The van der Waals surface area contributed by atoms with Crippen molar-refractivity contribution in [2.45, 2.75) is 25.7 Å². The Kier molecular flexibility index (Phi) is 7.43. The number of amides is 1. The van der Waals surface area contributed by atoms with E-state index in [-0.39, 0.29) is 10.6 Å². The molecule has 0 aliphatic rings. The van der Waals surface area contributed by atoms with Crippen molar-refractivity contribution in [2.75, 3.05) is 22.8 Å². The molecule has 1 amide bonds. The van der Waals surface area contributed by atoms with E-state index in [4.69, 9.17) is 16.3 Å². The van der Waals surface area contributed by atoms with Gasteiger partial charge in [-0.05, 0) is 74.4 Å². The lowest BCUT2D eigenvalue weighted by molar-refractivity contribution is -0.114. The van der Waals surface area contributed by atoms with E-state index in [1.165, 1.54) is 24.3 Å². The summed E-state index contributed by atoms with van der Waals surface area (Å²) in [6, 6.07) is 18.1. The predicted molar refractivity (Wildman–Crippen MR) is 128 cm³/mol. The molecule has 0 heterocycles. The van der Waals surface area contributed by atoms with Crippen LogP contribution in [-0.2, 0) is 14.8 Å². The number of hydrogen-bond acceptors (Lipinski definition) is 4. The van der Waals surface area contributed by atoms with E-state index in [9.17, 15) is 13.2 Å². The molecule has 8 heteroatoms. The molecule has 0 unspecified atom stereocenters. The largest absolute Gasteiger partial charge is 0.492 e. The van der Waals surface area contributed by atoms with E-state index in [2.05, 4.69) is 5.32 Å². The van der Waals surface area contributed by atoms with Crippen LogP contribution in [0, 0.1) is 13.8 Å². The molecule has 3 rings (SSSR count). The number of halogens is 1. The summed E-state index contributed by atoms with van der Waals surface area (Å²) in [7, 11) is -4.08. The van der Waals surface area contributed by atoms with Gasteiger partial charge in [0.15, 0.2) is 0 Å². The summed E-state index contributed by atoms with van der Waals surface area (Å²) in [5.74, 6) is -0.102. The van der Waals surface area contributed by atoms with Crippen molar-refractivity contribution in [1.82, 2.24) is 0 Å². The quantitative estimate of drug-likeness (QED) is 0.489. The molecule has 0 aromatic heterocycles. The van der Waals surface area contributed by atoms with Gasteiger partial charge in [-0.2, -0.15) is 0 Å². The fourth-order valence-corrected chi connectivity index (χ4v) is 4.74. The molecule has 3 aromatic carbocycles. The van der Waals surface area contributed by atoms with Crippen LogP contribution in [0.3, 0.4) is 0 Å². The zero-order valence-corrected chi connectivity index (χ0v) is 19.7. The molecular weight excluding hydrogens is 448 g/mol. The first-order valence-electron chi connectivity index (χ1n) is 10.1. The summed E-state index contributed by atoms with van der Waals surface area (Å²) in [6.07, 6.45) is 0. The molecule has 6 nitrogen and oxygen atoms in total. The van der Waals surface area contributed by atoms with Gasteiger partial charge in [0.1, 0.15) is 12.3 Å². The zero-order chi connectivity index (χ0) is 23.3. The van der Waals surface area contributed by atoms with Crippen LogP contribution in [-0.4, -0.2) is 27.5 Å². The number of nitrogens with zero attached hydrogens (tertiary/aromatic N) is 1. The van der Waals surface area contributed by atoms with Gasteiger partial charge in [-0.25, -0.2) is 8.42 Å². The monoisotopic (exact) mass is 472 g/mol. The first-order chi connectivity index (χ1) is 15.2. The lowest BCUT2D eigenvalue weighted by Gasteiger charge is -2.26. The molecule has 0 atom stereocenters. The van der Waals surface area contributed by atoms with E-state index in [1.807, 2.05) is 32.9 Å². The van der Waals surface area contributed by atoms with Gasteiger partial charge in [0.25, 0.3) is 10.0 Å². The van der Waals surface area contributed by atoms with Crippen molar-refractivity contribution >= 4 is 38.9 Å². The number of carbonyl (C=O) groups excluding carboxylic acids is 1. The summed E-state index contributed by atoms with van der Waals surface area (Å²) in [4.78, 5) is 13.0. The van der Waals surface area contributed by atoms with Gasteiger partial charge in [-0.15, -0.1) is 0 Å². The second kappa shape index (κ2) is 10.1. The van der Waals surface area contributed by atoms with Gasteiger partial charge in [0.05, 0.1) is 17.2 Å². The Bertz CT molecular complexity index is 1210. The minimum absolute atomic E-state index is 0.0211. The highest BCUT2D eigenvalue weighted by molar-refractivity contribution is 7.92. The molecule has 168 valence electrons. The van der Waals surface area contributed by atoms with E-state index < -0.39 is 22.5 Å². The Morgan fingerprint density at radius 2 is 1.69 bits per heavy atom. The number of hydrogen-bond donors (Lipinski definition) is 1. The summed E-state index contributed by atoms with van der Waals surface area (Å²) in [5.41, 5.74) is 2.86. The van der Waals surface area contributed by atoms with Crippen molar-refractivity contribution < 1.29 is 17.9 Å². The van der Waals surface area contributed by atoms with E-state index >= 15 is 0 Å². The average molecular weight is 473 g/mol. The number of aryl methyl sites for hydroxylation is 1. The van der Waals surface area contributed by atoms with Gasteiger partial charge in [0.2, 0.25) is 5.91 Å². The highest BCUT2D eigenvalue weighted by Gasteiger charge is 2.29. The summed E-state index contributed by atoms with van der Waals surface area (Å²) >= 11 is 5.93. The van der Waals surface area contributed by atoms with Crippen molar-refractivity contribution in [3.05, 3.63) is 82.9 Å². The summed E-state index contributed by atoms with van der Waals surface area (Å²) in [5, 5.41) is 3.24. The first-order valence-corrected chi connectivity index (χ1v) is 11.9. The van der Waals surface area contributed by atoms with Crippen LogP contribution in [0.1, 0.15) is 18.1 Å². The Balaban J connectivity index is 2.02. The maximum atomic E-state index is 13.6. The smallest absolute Gasteiger partial charge is 0.264 e. The van der Waals surface area contributed by atoms with Gasteiger partial charge < -0.3 is 10.1 Å². The number of rotatable bonds is 8. The molecule has 1 N–H and O–H groups in total. The zero-order valence-electron chi connectivity index (χ0n) is 18.1. The van der Waals surface area contributed by atoms with E-state index in [1.54, 1.807) is 30.3 Å². The highest BCUT2D eigenvalue weighted by atomic mass is 35.5. The van der Waals surface area contributed by atoms with Crippen LogP contribution in [0.25, 0.3) is 0 Å². The second-order valence-electron chi connectivity index (χ2n) is 7.16. The van der Waals surface area contributed by atoms with Crippen LogP contribution in [0.15, 0.2) is 71.6 Å². The van der Waals surface area contributed by atoms with Crippen LogP contribution < -0.4 is 14.4 Å². The molecule has 0 fully saturated rings. The lowest BCUT2D eigenvalue weighted by atomic mass is 10.1. The van der Waals surface area contributed by atoms with Gasteiger partial charge in [-0.1, -0.05) is 35.9 Å². The number of benzene rings is 3. The standard InChI is InChI=1S/C24H25ClN2O4S/c1-4-31-23-11-6-5-10-22(23)27(32(29,30)20-14-12-19(25)13-15-20)16-24(28)26-21-9-7-8-17(2)18(21)3/h5-15H,4,16H2,1-3H3,(H,26,28). The van der Waals surface area contributed by atoms with E-state index in [0.29, 0.717) is 23.1 Å². The number of anilines is 2. The summed E-state index contributed by atoms with van der Waals surface area (Å²) in [6.45, 7) is 5.57. The van der Waals surface area contributed by atoms with Crippen molar-refractivity contribution in [1.29, 1.82) is 0 Å². The number of nitrogens with one attached hydrogen (secondary N) is 1. The Labute approximate surface area is 193 Å². The third-order valence-corrected chi connectivity index (χ3v) is 7.03. The van der Waals surface area contributed by atoms with Crippen molar-refractivity contribution in [2.24, 2.45) is 0 Å². The maximum absolute atomic E-state index is 13.6. The highest BCUT2D eigenvalue weighted by Crippen LogP contribution is 2.33. The topological polar surface area (TPSA) is 75.7 Å². The fraction of sp³-hybridized carbons (Fsp3) is 0.208. The number of sulfonamides is 1. The minimum atomic E-state index is -4.08. The predicted octanol–water partition coefficient (Wildman–Crippen LogP) is 5.19. The Morgan fingerprint density at radius 3 is 2.38 bits per heavy atom. The molecule has 0 aliphatic heterocycles. The van der Waals surface area contributed by atoms with Gasteiger partial charge in [-0.3, -0.25) is 9.10 Å². The van der Waals surface area contributed by atoms with Gasteiger partial charge in [0, 0.05) is 10.7 Å². The van der Waals surface area contributed by atoms with Crippen LogP contribution in [0.5, 0.6) is 5.75 Å². The average Bonchev–Trinajstić information content (AvgIpc) is 2.76. The molecule has 0 saturated carbocycles. The molecule has 0 aliphatic carbocycles. The fourth-order valence-electron chi connectivity index (χ4n) is 3.18. The number of para-hydroxylation sites is 2. The second-order valence-corrected chi connectivity index (χ2v) is 9.46. The number of ether oxygens (including phenoxy) is 1. The molecule has 32 heavy (non-hydrogen) atoms. The lowest BCUT2D eigenvalue weighted by Crippen LogP contribution is -2.38. The van der Waals surface area contributed by atoms with Crippen molar-refractivity contribution in [3.63, 3.8) is 0 Å². The van der Waals surface area contributed by atoms with Crippen LogP contribution >= 0.6 is 11.6 Å². The third-order valence-electron chi connectivity index (χ3n) is 5.00. The molecule has 0 bridgehead atoms. The van der Waals surface area contributed by atoms with Crippen LogP contribution in [0.4, 0.5) is 11.4 Å². The molecular formula is C24H25ClN2O4S. The first kappa shape index (κ1) is 23.6. The minimum Gasteiger partial charge on any atom is -0.492 e. The normalized spacial score (nSPS) is 11.1. The molecule has 0 radical (unpaired) electrons. The molecule has 0 saturated heterocycles. The molecule has 3 aromatic rings. The third kappa shape index (κ3) is 5.23.